The van der Waals surface area contributed by atoms with Crippen LogP contribution in [-0.2, 0) is 14.0 Å². The average Bonchev–Trinajstić information content (AvgIpc) is 3.73. The topological polar surface area (TPSA) is 118 Å². The molecule has 3 atom stereocenters. The van der Waals surface area contributed by atoms with Gasteiger partial charge in [-0.05, 0) is 60.3 Å². The van der Waals surface area contributed by atoms with Gasteiger partial charge in [0.05, 0.1) is 18.5 Å². The molecule has 2 aromatic rings. The molecule has 3 aliphatic rings. The predicted octanol–water partition coefficient (Wildman–Crippen LogP) is 4.78. The lowest BCUT2D eigenvalue weighted by Gasteiger charge is -2.41. The number of hydrogen-bond donors (Lipinski definition) is 1. The van der Waals surface area contributed by atoms with Crippen molar-refractivity contribution in [1.82, 2.24) is 15.0 Å². The van der Waals surface area contributed by atoms with Crippen LogP contribution in [0.4, 0.5) is 19.3 Å². The Labute approximate surface area is 262 Å². The molecule has 3 aliphatic heterocycles. The highest BCUT2D eigenvalue weighted by molar-refractivity contribution is 6.74. The Kier molecular flexibility index (Phi) is 9.68. The molecule has 0 radical (unpaired) electrons. The van der Waals surface area contributed by atoms with Crippen LogP contribution in [0.15, 0.2) is 35.1 Å². The Morgan fingerprint density at radius 3 is 2.58 bits per heavy atom. The minimum Gasteiger partial charge on any atom is -0.471 e. The van der Waals surface area contributed by atoms with Crippen molar-refractivity contribution in [2.24, 2.45) is 0 Å². The number of aliphatic hydroxyl groups is 1. The van der Waals surface area contributed by atoms with E-state index in [2.05, 4.69) is 43.5 Å². The van der Waals surface area contributed by atoms with Crippen molar-refractivity contribution in [1.29, 1.82) is 0 Å². The molecule has 1 aromatic carbocycles. The van der Waals surface area contributed by atoms with E-state index in [1.807, 2.05) is 4.90 Å². The van der Waals surface area contributed by atoms with Crippen molar-refractivity contribution in [3.05, 3.63) is 47.7 Å². The number of likely N-dealkylation sites (tertiary alicyclic amines) is 1. The van der Waals surface area contributed by atoms with E-state index in [0.717, 1.165) is 36.4 Å². The molecule has 0 spiro atoms. The van der Waals surface area contributed by atoms with Crippen LogP contribution in [0.1, 0.15) is 45.6 Å². The summed E-state index contributed by atoms with van der Waals surface area (Å²) in [6.07, 6.45) is 2.17. The van der Waals surface area contributed by atoms with Gasteiger partial charge in [0.2, 0.25) is 0 Å². The maximum atomic E-state index is 15.3. The number of cyclic esters (lactones) is 1. The molecular formula is C31H42F2N4O7Si. The molecule has 14 heteroatoms. The molecule has 45 heavy (non-hydrogen) atoms. The Hall–Kier alpha value is -3.33. The van der Waals surface area contributed by atoms with Crippen LogP contribution >= 0.6 is 0 Å². The maximum absolute atomic E-state index is 15.3. The predicted molar refractivity (Wildman–Crippen MR) is 164 cm³/mol. The fraction of sp³-hybridized carbons (Fsp3) is 0.581. The van der Waals surface area contributed by atoms with Crippen LogP contribution in [-0.4, -0.2) is 98.1 Å². The fourth-order valence-corrected chi connectivity index (χ4v) is 6.86. The molecule has 0 aliphatic carbocycles. The van der Waals surface area contributed by atoms with Crippen molar-refractivity contribution in [2.75, 3.05) is 44.2 Å². The highest BCUT2D eigenvalue weighted by Crippen LogP contribution is 2.39. The first-order chi connectivity index (χ1) is 21.2. The van der Waals surface area contributed by atoms with Gasteiger partial charge in [-0.1, -0.05) is 26.8 Å². The first-order valence-corrected chi connectivity index (χ1v) is 18.2. The van der Waals surface area contributed by atoms with Gasteiger partial charge in [-0.15, -0.1) is 0 Å². The number of carbonyl (C=O) groups is 2. The number of β-amino-alcohol motifs (C(OH)–C–C–N with tert-alkyl or cyclic N) is 1. The zero-order valence-electron chi connectivity index (χ0n) is 26.4. The maximum Gasteiger partial charge on any atom is 0.414 e. The second-order valence-corrected chi connectivity index (χ2v) is 18.1. The summed E-state index contributed by atoms with van der Waals surface area (Å²) < 4.78 is 52.5. The van der Waals surface area contributed by atoms with Crippen molar-refractivity contribution in [3.63, 3.8) is 0 Å². The summed E-state index contributed by atoms with van der Waals surface area (Å²) in [5.74, 6) is -1.84. The van der Waals surface area contributed by atoms with Gasteiger partial charge in [0.25, 0.3) is 11.8 Å². The van der Waals surface area contributed by atoms with Crippen molar-refractivity contribution < 1.29 is 41.9 Å². The third-order valence-corrected chi connectivity index (χ3v) is 13.6. The van der Waals surface area contributed by atoms with E-state index in [1.54, 1.807) is 6.08 Å². The summed E-state index contributed by atoms with van der Waals surface area (Å²) >= 11 is 0. The Bertz CT molecular complexity index is 1390. The summed E-state index contributed by atoms with van der Waals surface area (Å²) in [7, 11) is -2.03. The number of anilines is 1. The van der Waals surface area contributed by atoms with Gasteiger partial charge in [-0.3, -0.25) is 14.6 Å². The summed E-state index contributed by atoms with van der Waals surface area (Å²) in [5.41, 5.74) is 0.240. The number of halogens is 2. The number of benzene rings is 1. The standard InChI is InChI=1S/C31H42F2N4O7Si/c1-31(2,3)45(4,5)44-27-7-6-11-36(27)18-25(38)29(39)35-12-8-20(9-13-35)28-23(32)15-21(16-24(28)33)37-17-22(43-30(37)40)19-41-26-10-14-42-34-26/h8,10,14-16,22,25,27,38H,6-7,9,11-13,17-19H2,1-5H3/t22-,25+,27-/m1/s1. The van der Waals surface area contributed by atoms with E-state index in [0.29, 0.717) is 5.57 Å². The smallest absolute Gasteiger partial charge is 0.414 e. The average molecular weight is 649 g/mol. The third kappa shape index (κ3) is 7.40. The van der Waals surface area contributed by atoms with Crippen molar-refractivity contribution in [2.45, 2.75) is 76.6 Å². The highest BCUT2D eigenvalue weighted by Gasteiger charge is 2.42. The molecular weight excluding hydrogens is 606 g/mol. The lowest BCUT2D eigenvalue weighted by molar-refractivity contribution is -0.141. The van der Waals surface area contributed by atoms with Crippen LogP contribution in [0.2, 0.25) is 18.1 Å². The van der Waals surface area contributed by atoms with E-state index < -0.39 is 44.2 Å². The molecule has 0 bridgehead atoms. The van der Waals surface area contributed by atoms with Gasteiger partial charge in [0, 0.05) is 37.8 Å². The largest absolute Gasteiger partial charge is 0.471 e. The quantitative estimate of drug-likeness (QED) is 0.364. The van der Waals surface area contributed by atoms with Crippen LogP contribution in [0.5, 0.6) is 5.88 Å². The zero-order chi connectivity index (χ0) is 32.5. The zero-order valence-corrected chi connectivity index (χ0v) is 27.4. The second-order valence-electron chi connectivity index (χ2n) is 13.3. The minimum absolute atomic E-state index is 0.00204. The number of nitrogens with zero attached hydrogens (tertiary/aromatic N) is 4. The number of ether oxygens (including phenoxy) is 2. The lowest BCUT2D eigenvalue weighted by atomic mass is 9.97. The van der Waals surface area contributed by atoms with Crippen LogP contribution in [0.3, 0.4) is 0 Å². The SMILES string of the molecule is CC(C)(C)[Si](C)(C)O[C@@H]1CCCN1C[C@H](O)C(=O)N1CC=C(c2c(F)cc(N3C[C@H](COc4ccon4)OC3=O)cc2F)CC1. The van der Waals surface area contributed by atoms with Gasteiger partial charge in [-0.2, -0.15) is 0 Å². The van der Waals surface area contributed by atoms with E-state index in [4.69, 9.17) is 13.9 Å². The summed E-state index contributed by atoms with van der Waals surface area (Å²) in [5, 5.41) is 14.5. The molecule has 2 saturated heterocycles. The Morgan fingerprint density at radius 2 is 1.96 bits per heavy atom. The van der Waals surface area contributed by atoms with Crippen molar-refractivity contribution >= 4 is 31.6 Å². The number of aliphatic hydroxyl groups excluding tert-OH is 1. The number of rotatable bonds is 10. The monoisotopic (exact) mass is 648 g/mol. The Morgan fingerprint density at radius 1 is 1.22 bits per heavy atom. The minimum atomic E-state index is -2.03. The molecule has 5 rings (SSSR count). The van der Waals surface area contributed by atoms with E-state index in [1.165, 1.54) is 17.2 Å². The molecule has 0 saturated carbocycles. The number of hydrogen-bond acceptors (Lipinski definition) is 9. The fourth-order valence-electron chi connectivity index (χ4n) is 5.56. The molecule has 2 amide bonds. The van der Waals surface area contributed by atoms with Gasteiger partial charge in [-0.25, -0.2) is 13.6 Å². The number of amides is 2. The van der Waals surface area contributed by atoms with E-state index in [-0.39, 0.29) is 67.6 Å². The summed E-state index contributed by atoms with van der Waals surface area (Å²) in [6, 6.07) is 3.70. The third-order valence-electron chi connectivity index (χ3n) is 9.12. The molecule has 1 aromatic heterocycles. The highest BCUT2D eigenvalue weighted by atomic mass is 28.4. The molecule has 11 nitrogen and oxygen atoms in total. The van der Waals surface area contributed by atoms with Crippen LogP contribution < -0.4 is 9.64 Å². The second kappa shape index (κ2) is 13.2. The van der Waals surface area contributed by atoms with Gasteiger partial charge < -0.3 is 28.4 Å². The van der Waals surface area contributed by atoms with Crippen molar-refractivity contribution in [3.8, 4) is 5.88 Å². The van der Waals surface area contributed by atoms with Crippen LogP contribution in [0, 0.1) is 11.6 Å². The molecule has 2 fully saturated rings. The molecule has 4 heterocycles. The molecule has 246 valence electrons. The normalized spacial score (nSPS) is 22.0. The number of aromatic nitrogens is 1. The first kappa shape index (κ1) is 33.0. The summed E-state index contributed by atoms with van der Waals surface area (Å²) in [4.78, 5) is 30.3. The van der Waals surface area contributed by atoms with Crippen LogP contribution in [0.25, 0.3) is 5.57 Å². The lowest BCUT2D eigenvalue weighted by Crippen LogP contribution is -2.51. The van der Waals surface area contributed by atoms with E-state index in [9.17, 15) is 14.7 Å². The first-order valence-electron chi connectivity index (χ1n) is 15.3. The van der Waals surface area contributed by atoms with Gasteiger partial charge in [0.1, 0.15) is 30.6 Å². The Balaban J connectivity index is 1.18. The molecule has 0 unspecified atom stereocenters. The van der Waals surface area contributed by atoms with Gasteiger partial charge >= 0.3 is 6.09 Å². The summed E-state index contributed by atoms with van der Waals surface area (Å²) in [6.45, 7) is 12.2. The molecule has 1 N–H and O–H groups in total. The van der Waals surface area contributed by atoms with E-state index >= 15 is 8.78 Å². The number of carbonyl (C=O) groups excluding carboxylic acids is 2. The van der Waals surface area contributed by atoms with Gasteiger partial charge in [0.15, 0.2) is 14.4 Å².